The van der Waals surface area contributed by atoms with Gasteiger partial charge in [-0.1, -0.05) is 24.3 Å². The van der Waals surface area contributed by atoms with Crippen molar-refractivity contribution in [3.8, 4) is 0 Å². The zero-order valence-corrected chi connectivity index (χ0v) is 9.23. The van der Waals surface area contributed by atoms with Crippen LogP contribution in [0.3, 0.4) is 0 Å². The van der Waals surface area contributed by atoms with E-state index in [2.05, 4.69) is 4.79 Å². The highest BCUT2D eigenvalue weighted by Gasteiger charge is 2.35. The molecule has 2 N–H and O–H groups in total. The third-order valence-electron chi connectivity index (χ3n) is 2.34. The summed E-state index contributed by atoms with van der Waals surface area (Å²) in [4.78, 5) is 14.3. The van der Waals surface area contributed by atoms with Gasteiger partial charge in [0.2, 0.25) is 0 Å². The summed E-state index contributed by atoms with van der Waals surface area (Å²) in [6.07, 6.45) is 0.896. The highest BCUT2D eigenvalue weighted by Crippen LogP contribution is 2.28. The SMILES string of the molecule is N=[N+]=C1C=C(S(=O)(=O)O)c2ccccc2C1=O. The standard InChI is InChI=1S/C10H6N2O4S/c11-12-8-5-9(17(14,15)16)6-3-1-2-4-7(6)10(8)13/h1-5,11H/p+1. The van der Waals surface area contributed by atoms with Gasteiger partial charge < -0.3 is 0 Å². The van der Waals surface area contributed by atoms with Crippen molar-refractivity contribution in [3.05, 3.63) is 41.5 Å². The maximum Gasteiger partial charge on any atom is 0.413 e. The van der Waals surface area contributed by atoms with Gasteiger partial charge in [-0.05, 0) is 0 Å². The molecule has 0 heterocycles. The summed E-state index contributed by atoms with van der Waals surface area (Å²) >= 11 is 0. The maximum atomic E-state index is 11.7. The Morgan fingerprint density at radius 3 is 2.29 bits per heavy atom. The fraction of sp³-hybridized carbons (Fsp3) is 0. The lowest BCUT2D eigenvalue weighted by Crippen LogP contribution is -2.22. The molecule has 86 valence electrons. The first-order valence-electron chi connectivity index (χ1n) is 4.53. The topological polar surface area (TPSA) is 109 Å². The van der Waals surface area contributed by atoms with Crippen molar-refractivity contribution in [2.75, 3.05) is 0 Å². The molecule has 1 aromatic rings. The lowest BCUT2D eigenvalue weighted by molar-refractivity contribution is -0.117. The van der Waals surface area contributed by atoms with Crippen LogP contribution < -0.4 is 0 Å². The summed E-state index contributed by atoms with van der Waals surface area (Å²) < 4.78 is 31.4. The molecule has 7 heteroatoms. The molecule has 0 unspecified atom stereocenters. The lowest BCUT2D eigenvalue weighted by Gasteiger charge is -2.10. The van der Waals surface area contributed by atoms with E-state index in [1.807, 2.05) is 0 Å². The Labute approximate surface area is 96.6 Å². The van der Waals surface area contributed by atoms with E-state index >= 15 is 0 Å². The second-order valence-corrected chi connectivity index (χ2v) is 4.75. The van der Waals surface area contributed by atoms with E-state index in [1.54, 1.807) is 12.1 Å². The highest BCUT2D eigenvalue weighted by molar-refractivity contribution is 7.95. The van der Waals surface area contributed by atoms with Crippen LogP contribution in [0.5, 0.6) is 0 Å². The van der Waals surface area contributed by atoms with Crippen molar-refractivity contribution in [1.82, 2.24) is 0 Å². The third kappa shape index (κ3) is 1.83. The number of nitrogens with one attached hydrogen (secondary N) is 1. The van der Waals surface area contributed by atoms with E-state index in [4.69, 9.17) is 10.1 Å². The van der Waals surface area contributed by atoms with E-state index in [0.29, 0.717) is 0 Å². The normalized spacial score (nSPS) is 15.0. The van der Waals surface area contributed by atoms with Gasteiger partial charge in [0.25, 0.3) is 15.9 Å². The van der Waals surface area contributed by atoms with Crippen molar-refractivity contribution in [3.63, 3.8) is 0 Å². The minimum atomic E-state index is -4.46. The molecule has 0 spiro atoms. The fourth-order valence-electron chi connectivity index (χ4n) is 1.60. The van der Waals surface area contributed by atoms with Crippen LogP contribution in [0.15, 0.2) is 30.3 Å². The first kappa shape index (κ1) is 11.4. The zero-order valence-electron chi connectivity index (χ0n) is 8.41. The zero-order chi connectivity index (χ0) is 12.6. The highest BCUT2D eigenvalue weighted by atomic mass is 32.2. The number of nitrogens with zero attached hydrogens (tertiary/aromatic N) is 1. The number of rotatable bonds is 1. The van der Waals surface area contributed by atoms with E-state index in [1.165, 1.54) is 12.1 Å². The molecule has 6 nitrogen and oxygen atoms in total. The van der Waals surface area contributed by atoms with E-state index in [9.17, 15) is 13.2 Å². The predicted molar refractivity (Wildman–Crippen MR) is 58.3 cm³/mol. The van der Waals surface area contributed by atoms with Crippen LogP contribution in [-0.4, -0.2) is 29.3 Å². The smallest absolute Gasteiger partial charge is 0.282 e. The van der Waals surface area contributed by atoms with Crippen molar-refractivity contribution in [1.29, 1.82) is 5.53 Å². The number of allylic oxidation sites excluding steroid dienone is 1. The summed E-state index contributed by atoms with van der Waals surface area (Å²) in [6, 6.07) is 5.94. The Bertz CT molecular complexity index is 697. The molecule has 0 aliphatic heterocycles. The number of benzene rings is 1. The van der Waals surface area contributed by atoms with Gasteiger partial charge in [0.1, 0.15) is 4.91 Å². The number of Topliss-reactive ketones (excluding diaryl/α,β-unsaturated/α-hetero) is 1. The van der Waals surface area contributed by atoms with Crippen LogP contribution in [0.2, 0.25) is 0 Å². The number of ketones is 1. The summed E-state index contributed by atoms with van der Waals surface area (Å²) in [6.45, 7) is 0. The fourth-order valence-corrected chi connectivity index (χ4v) is 2.31. The van der Waals surface area contributed by atoms with Gasteiger partial charge in [0, 0.05) is 11.1 Å². The average Bonchev–Trinajstić information content (AvgIpc) is 2.28. The van der Waals surface area contributed by atoms with Gasteiger partial charge in [0.15, 0.2) is 0 Å². The quantitative estimate of drug-likeness (QED) is 0.436. The number of fused-ring (bicyclic) bond motifs is 1. The second kappa shape index (κ2) is 3.74. The molecule has 1 aliphatic carbocycles. The Hall–Kier alpha value is -2.08. The third-order valence-corrected chi connectivity index (χ3v) is 3.23. The first-order chi connectivity index (χ1) is 7.95. The van der Waals surface area contributed by atoms with Gasteiger partial charge in [-0.15, -0.1) is 0 Å². The molecule has 0 amide bonds. The Morgan fingerprint density at radius 2 is 1.76 bits per heavy atom. The molecule has 0 bridgehead atoms. The predicted octanol–water partition coefficient (Wildman–Crippen LogP) is 0.792. The molecule has 1 aliphatic rings. The molecular weight excluding hydrogens is 244 g/mol. The van der Waals surface area contributed by atoms with Crippen LogP contribution in [0.1, 0.15) is 15.9 Å². The molecule has 2 rings (SSSR count). The molecule has 1 aromatic carbocycles. The van der Waals surface area contributed by atoms with Crippen molar-refractivity contribution in [2.45, 2.75) is 0 Å². The molecule has 17 heavy (non-hydrogen) atoms. The second-order valence-electron chi connectivity index (χ2n) is 3.36. The van der Waals surface area contributed by atoms with Crippen molar-refractivity contribution >= 4 is 26.5 Å². The molecule has 0 aromatic heterocycles. The van der Waals surface area contributed by atoms with Crippen LogP contribution >= 0.6 is 0 Å². The maximum absolute atomic E-state index is 11.7. The van der Waals surface area contributed by atoms with Gasteiger partial charge in [0.05, 0.1) is 16.4 Å². The van der Waals surface area contributed by atoms with Gasteiger partial charge >= 0.3 is 5.71 Å². The minimum absolute atomic E-state index is 0.105. The number of hydrogen-bond acceptors (Lipinski definition) is 4. The molecule has 0 saturated heterocycles. The summed E-state index contributed by atoms with van der Waals surface area (Å²) in [5.41, 5.74) is 6.71. The number of hydrogen-bond donors (Lipinski definition) is 2. The first-order valence-corrected chi connectivity index (χ1v) is 5.97. The number of carbonyl (C=O) groups excluding carboxylic acids is 1. The van der Waals surface area contributed by atoms with Crippen LogP contribution in [0.25, 0.3) is 4.91 Å². The Kier molecular flexibility index (Phi) is 2.51. The number of carbonyl (C=O) groups is 1. The monoisotopic (exact) mass is 251 g/mol. The van der Waals surface area contributed by atoms with Crippen molar-refractivity contribution < 1.29 is 22.6 Å². The molecular formula is C10H7N2O4S+. The van der Waals surface area contributed by atoms with E-state index in [-0.39, 0.29) is 16.8 Å². The van der Waals surface area contributed by atoms with Gasteiger partial charge in [-0.3, -0.25) is 9.35 Å². The summed E-state index contributed by atoms with van der Waals surface area (Å²) in [7, 11) is -4.46. The Morgan fingerprint density at radius 1 is 1.18 bits per heavy atom. The molecule has 0 atom stereocenters. The van der Waals surface area contributed by atoms with Crippen LogP contribution in [0, 0.1) is 5.53 Å². The van der Waals surface area contributed by atoms with E-state index in [0.717, 1.165) is 6.08 Å². The molecule has 0 radical (unpaired) electrons. The Balaban J connectivity index is 2.85. The van der Waals surface area contributed by atoms with Crippen molar-refractivity contribution in [2.24, 2.45) is 0 Å². The van der Waals surface area contributed by atoms with Gasteiger partial charge in [-0.25, -0.2) is 0 Å². The molecule has 0 fully saturated rings. The largest absolute Gasteiger partial charge is 0.413 e. The molecule has 0 saturated carbocycles. The summed E-state index contributed by atoms with van der Waals surface area (Å²) in [5, 5.41) is 0. The van der Waals surface area contributed by atoms with Gasteiger partial charge in [-0.2, -0.15) is 8.42 Å². The average molecular weight is 251 g/mol. The van der Waals surface area contributed by atoms with Crippen LogP contribution in [-0.2, 0) is 10.1 Å². The minimum Gasteiger partial charge on any atom is -0.282 e. The lowest BCUT2D eigenvalue weighted by atomic mass is 9.95. The van der Waals surface area contributed by atoms with Crippen LogP contribution in [0.4, 0.5) is 0 Å². The summed E-state index contributed by atoms with van der Waals surface area (Å²) in [5.74, 6) is -0.539. The van der Waals surface area contributed by atoms with E-state index < -0.39 is 20.8 Å².